The maximum Gasteiger partial charge on any atom is 0.191 e. The summed E-state index contributed by atoms with van der Waals surface area (Å²) >= 11 is 0. The van der Waals surface area contributed by atoms with Gasteiger partial charge in [-0.05, 0) is 64.0 Å². The second-order valence-corrected chi connectivity index (χ2v) is 7.62. The standard InChI is InChI=1S/C21H33N3O3.HI/c1-3-22-20(24-15-21(25)11-6-12-21)23-14-16-9-10-18(26-2)13-19(16)27-17-7-4-5-8-17;/h9-10,13,17,25H,3-8,11-12,14-15H2,1-2H3,(H2,22,23,24);1H. The highest BCUT2D eigenvalue weighted by Crippen LogP contribution is 2.31. The number of aliphatic imine (C=N–C) groups is 1. The predicted molar refractivity (Wildman–Crippen MR) is 123 cm³/mol. The molecule has 3 rings (SSSR count). The molecule has 0 saturated heterocycles. The summed E-state index contributed by atoms with van der Waals surface area (Å²) in [6.45, 7) is 3.86. The molecule has 0 heterocycles. The summed E-state index contributed by atoms with van der Waals surface area (Å²) in [5, 5.41) is 16.8. The molecule has 158 valence electrons. The van der Waals surface area contributed by atoms with E-state index in [1.54, 1.807) is 7.11 Å². The van der Waals surface area contributed by atoms with Gasteiger partial charge in [0.05, 0.1) is 25.4 Å². The van der Waals surface area contributed by atoms with Gasteiger partial charge in [0.15, 0.2) is 5.96 Å². The van der Waals surface area contributed by atoms with E-state index in [9.17, 15) is 5.11 Å². The number of methoxy groups -OCH3 is 1. The maximum atomic E-state index is 10.3. The Morgan fingerprint density at radius 3 is 2.57 bits per heavy atom. The van der Waals surface area contributed by atoms with Crippen molar-refractivity contribution in [3.63, 3.8) is 0 Å². The average Bonchev–Trinajstić information content (AvgIpc) is 3.16. The normalized spacial score (nSPS) is 18.8. The van der Waals surface area contributed by atoms with Gasteiger partial charge in [-0.3, -0.25) is 0 Å². The molecule has 0 unspecified atom stereocenters. The van der Waals surface area contributed by atoms with Crippen LogP contribution in [0.1, 0.15) is 57.4 Å². The minimum absolute atomic E-state index is 0. The van der Waals surface area contributed by atoms with Crippen molar-refractivity contribution in [1.82, 2.24) is 10.6 Å². The van der Waals surface area contributed by atoms with Crippen LogP contribution in [0.5, 0.6) is 11.5 Å². The zero-order chi connectivity index (χ0) is 19.1. The molecule has 0 spiro atoms. The number of benzene rings is 1. The Morgan fingerprint density at radius 1 is 1.21 bits per heavy atom. The number of nitrogens with one attached hydrogen (secondary N) is 2. The number of ether oxygens (including phenoxy) is 2. The molecule has 2 aliphatic rings. The fourth-order valence-corrected chi connectivity index (χ4v) is 3.60. The van der Waals surface area contributed by atoms with E-state index in [-0.39, 0.29) is 24.0 Å². The molecule has 0 radical (unpaired) electrons. The van der Waals surface area contributed by atoms with E-state index in [0.29, 0.717) is 19.2 Å². The SMILES string of the molecule is CCNC(=NCc1ccc(OC)cc1OC1CCCC1)NCC1(O)CCC1.I. The summed E-state index contributed by atoms with van der Waals surface area (Å²) in [5.41, 5.74) is 0.467. The summed E-state index contributed by atoms with van der Waals surface area (Å²) in [7, 11) is 1.67. The highest BCUT2D eigenvalue weighted by molar-refractivity contribution is 14.0. The Kier molecular flexibility index (Phi) is 9.14. The van der Waals surface area contributed by atoms with Gasteiger partial charge in [-0.25, -0.2) is 4.99 Å². The van der Waals surface area contributed by atoms with Crippen molar-refractivity contribution in [2.75, 3.05) is 20.2 Å². The van der Waals surface area contributed by atoms with Gasteiger partial charge in [0.25, 0.3) is 0 Å². The topological polar surface area (TPSA) is 75.1 Å². The first-order valence-electron chi connectivity index (χ1n) is 10.2. The Hall–Kier alpha value is -1.22. The molecule has 1 aromatic carbocycles. The van der Waals surface area contributed by atoms with E-state index < -0.39 is 5.60 Å². The number of rotatable bonds is 8. The van der Waals surface area contributed by atoms with Crippen molar-refractivity contribution in [2.45, 2.75) is 70.1 Å². The van der Waals surface area contributed by atoms with Gasteiger partial charge in [-0.2, -0.15) is 0 Å². The average molecular weight is 503 g/mol. The smallest absolute Gasteiger partial charge is 0.191 e. The van der Waals surface area contributed by atoms with Crippen LogP contribution >= 0.6 is 24.0 Å². The molecule has 2 fully saturated rings. The predicted octanol–water partition coefficient (Wildman–Crippen LogP) is 3.60. The molecule has 2 aliphatic carbocycles. The molecular formula is C21H34IN3O3. The van der Waals surface area contributed by atoms with Gasteiger partial charge in [-0.1, -0.05) is 0 Å². The zero-order valence-corrected chi connectivity index (χ0v) is 19.3. The van der Waals surface area contributed by atoms with Crippen LogP contribution in [0.4, 0.5) is 0 Å². The van der Waals surface area contributed by atoms with Crippen LogP contribution in [0, 0.1) is 0 Å². The Morgan fingerprint density at radius 2 is 1.96 bits per heavy atom. The lowest BCUT2D eigenvalue weighted by Crippen LogP contribution is -2.50. The molecule has 3 N–H and O–H groups in total. The molecule has 28 heavy (non-hydrogen) atoms. The molecule has 2 saturated carbocycles. The van der Waals surface area contributed by atoms with Gasteiger partial charge in [0.2, 0.25) is 0 Å². The lowest BCUT2D eigenvalue weighted by molar-refractivity contribution is -0.0279. The largest absolute Gasteiger partial charge is 0.497 e. The van der Waals surface area contributed by atoms with Crippen molar-refractivity contribution in [3.05, 3.63) is 23.8 Å². The van der Waals surface area contributed by atoms with Crippen LogP contribution in [0.25, 0.3) is 0 Å². The molecule has 0 atom stereocenters. The van der Waals surface area contributed by atoms with Gasteiger partial charge in [0.1, 0.15) is 11.5 Å². The van der Waals surface area contributed by atoms with E-state index in [1.165, 1.54) is 12.8 Å². The van der Waals surface area contributed by atoms with Crippen molar-refractivity contribution >= 4 is 29.9 Å². The van der Waals surface area contributed by atoms with Crippen LogP contribution in [-0.4, -0.2) is 43.0 Å². The number of halogens is 1. The Labute approximate surface area is 185 Å². The van der Waals surface area contributed by atoms with E-state index in [2.05, 4.69) is 10.6 Å². The summed E-state index contributed by atoms with van der Waals surface area (Å²) in [6.07, 6.45) is 7.80. The second-order valence-electron chi connectivity index (χ2n) is 7.62. The molecule has 0 aliphatic heterocycles. The molecule has 0 amide bonds. The quantitative estimate of drug-likeness (QED) is 0.287. The maximum absolute atomic E-state index is 10.3. The van der Waals surface area contributed by atoms with Gasteiger partial charge in [-0.15, -0.1) is 24.0 Å². The number of guanidine groups is 1. The highest BCUT2D eigenvalue weighted by Gasteiger charge is 2.34. The minimum atomic E-state index is -0.576. The third kappa shape index (κ3) is 6.40. The number of nitrogens with zero attached hydrogens (tertiary/aromatic N) is 1. The molecular weight excluding hydrogens is 469 g/mol. The van der Waals surface area contributed by atoms with Crippen LogP contribution < -0.4 is 20.1 Å². The Balaban J connectivity index is 0.00000280. The van der Waals surface area contributed by atoms with Crippen LogP contribution in [0.2, 0.25) is 0 Å². The molecule has 0 aromatic heterocycles. The van der Waals surface area contributed by atoms with Gasteiger partial charge in [0, 0.05) is 24.7 Å². The third-order valence-corrected chi connectivity index (χ3v) is 5.49. The van der Waals surface area contributed by atoms with E-state index >= 15 is 0 Å². The monoisotopic (exact) mass is 503 g/mol. The fraction of sp³-hybridized carbons (Fsp3) is 0.667. The third-order valence-electron chi connectivity index (χ3n) is 5.49. The first-order chi connectivity index (χ1) is 13.1. The zero-order valence-electron chi connectivity index (χ0n) is 17.0. The number of aliphatic hydroxyl groups is 1. The second kappa shape index (κ2) is 11.1. The number of hydrogen-bond donors (Lipinski definition) is 3. The molecule has 7 heteroatoms. The highest BCUT2D eigenvalue weighted by atomic mass is 127. The van der Waals surface area contributed by atoms with Gasteiger partial charge >= 0.3 is 0 Å². The van der Waals surface area contributed by atoms with Crippen LogP contribution in [-0.2, 0) is 6.54 Å². The molecule has 6 nitrogen and oxygen atoms in total. The van der Waals surface area contributed by atoms with Crippen molar-refractivity contribution in [3.8, 4) is 11.5 Å². The van der Waals surface area contributed by atoms with E-state index in [4.69, 9.17) is 14.5 Å². The van der Waals surface area contributed by atoms with Crippen molar-refractivity contribution in [2.24, 2.45) is 4.99 Å². The summed E-state index contributed by atoms with van der Waals surface area (Å²) in [5.74, 6) is 2.38. The lowest BCUT2D eigenvalue weighted by atomic mass is 9.80. The summed E-state index contributed by atoms with van der Waals surface area (Å²) in [6, 6.07) is 5.93. The number of hydrogen-bond acceptors (Lipinski definition) is 4. The molecule has 0 bridgehead atoms. The summed E-state index contributed by atoms with van der Waals surface area (Å²) in [4.78, 5) is 4.70. The molecule has 1 aromatic rings. The van der Waals surface area contributed by atoms with E-state index in [1.807, 2.05) is 25.1 Å². The van der Waals surface area contributed by atoms with E-state index in [0.717, 1.165) is 61.7 Å². The first kappa shape index (κ1) is 23.1. The Bertz CT molecular complexity index is 644. The van der Waals surface area contributed by atoms with Crippen LogP contribution in [0.3, 0.4) is 0 Å². The van der Waals surface area contributed by atoms with Gasteiger partial charge < -0.3 is 25.2 Å². The summed E-state index contributed by atoms with van der Waals surface area (Å²) < 4.78 is 11.6. The fourth-order valence-electron chi connectivity index (χ4n) is 3.60. The lowest BCUT2D eigenvalue weighted by Gasteiger charge is -2.37. The van der Waals surface area contributed by atoms with Crippen LogP contribution in [0.15, 0.2) is 23.2 Å². The van der Waals surface area contributed by atoms with Crippen molar-refractivity contribution < 1.29 is 14.6 Å². The minimum Gasteiger partial charge on any atom is -0.497 e. The van der Waals surface area contributed by atoms with Crippen molar-refractivity contribution in [1.29, 1.82) is 0 Å². The first-order valence-corrected chi connectivity index (χ1v) is 10.2.